The summed E-state index contributed by atoms with van der Waals surface area (Å²) in [5.41, 5.74) is 0. The molecule has 0 aromatic heterocycles. The molecule has 0 radical (unpaired) electrons. The molecule has 23 heavy (non-hydrogen) atoms. The number of nitriles is 1. The monoisotopic (exact) mass is 322 g/mol. The highest BCUT2D eigenvalue weighted by Crippen LogP contribution is 2.21. The second-order valence-electron chi connectivity index (χ2n) is 6.95. The zero-order chi connectivity index (χ0) is 17.4. The van der Waals surface area contributed by atoms with Crippen molar-refractivity contribution in [2.75, 3.05) is 26.7 Å². The molecular weight excluding hydrogens is 292 g/mol. The Bertz CT molecular complexity index is 444. The standard InChI is InChI=1S/C17H30N4O2/c1-13(2)11-19-17(23)21-9-5-6-15(12-21)10-16(22)20(4)14(3)7-8-18/h13-15H,5-7,9-12H2,1-4H3,(H,19,23)/t14-,15+/m1/s1. The number of carbonyl (C=O) groups is 2. The maximum absolute atomic E-state index is 12.3. The van der Waals surface area contributed by atoms with Crippen molar-refractivity contribution in [2.45, 2.75) is 52.5 Å². The van der Waals surface area contributed by atoms with Gasteiger partial charge in [0.05, 0.1) is 12.5 Å². The third-order valence-electron chi connectivity index (χ3n) is 4.37. The number of carbonyl (C=O) groups excluding carboxylic acids is 2. The Morgan fingerprint density at radius 3 is 2.70 bits per heavy atom. The van der Waals surface area contributed by atoms with Gasteiger partial charge in [-0.15, -0.1) is 0 Å². The van der Waals surface area contributed by atoms with Crippen LogP contribution in [-0.4, -0.2) is 54.5 Å². The molecule has 3 amide bonds. The van der Waals surface area contributed by atoms with Crippen molar-refractivity contribution in [3.8, 4) is 6.07 Å². The van der Waals surface area contributed by atoms with Gasteiger partial charge in [-0.05, 0) is 31.6 Å². The highest BCUT2D eigenvalue weighted by molar-refractivity contribution is 5.77. The molecule has 0 unspecified atom stereocenters. The summed E-state index contributed by atoms with van der Waals surface area (Å²) in [5.74, 6) is 0.691. The van der Waals surface area contributed by atoms with Crippen molar-refractivity contribution < 1.29 is 9.59 Å². The average molecular weight is 322 g/mol. The molecule has 6 heteroatoms. The first kappa shape index (κ1) is 19.3. The van der Waals surface area contributed by atoms with Gasteiger partial charge in [-0.25, -0.2) is 4.79 Å². The Kier molecular flexibility index (Phi) is 7.87. The smallest absolute Gasteiger partial charge is 0.317 e. The summed E-state index contributed by atoms with van der Waals surface area (Å²) < 4.78 is 0. The van der Waals surface area contributed by atoms with Gasteiger partial charge >= 0.3 is 6.03 Å². The molecule has 1 rings (SSSR count). The van der Waals surface area contributed by atoms with E-state index in [2.05, 4.69) is 25.2 Å². The third-order valence-corrected chi connectivity index (χ3v) is 4.37. The van der Waals surface area contributed by atoms with E-state index in [0.717, 1.165) is 19.4 Å². The second-order valence-corrected chi connectivity index (χ2v) is 6.95. The number of piperidine rings is 1. The molecule has 0 saturated carbocycles. The third kappa shape index (κ3) is 6.47. The number of rotatable bonds is 6. The Labute approximate surface area is 139 Å². The van der Waals surface area contributed by atoms with E-state index in [0.29, 0.717) is 31.8 Å². The van der Waals surface area contributed by atoms with Crippen molar-refractivity contribution in [3.63, 3.8) is 0 Å². The lowest BCUT2D eigenvalue weighted by atomic mass is 9.94. The molecule has 0 bridgehead atoms. The number of urea groups is 1. The van der Waals surface area contributed by atoms with Crippen LogP contribution in [0.5, 0.6) is 0 Å². The fraction of sp³-hybridized carbons (Fsp3) is 0.824. The number of nitrogens with one attached hydrogen (secondary N) is 1. The van der Waals surface area contributed by atoms with E-state index >= 15 is 0 Å². The zero-order valence-electron chi connectivity index (χ0n) is 14.8. The molecule has 1 fully saturated rings. The number of likely N-dealkylation sites (tertiary alicyclic amines) is 1. The summed E-state index contributed by atoms with van der Waals surface area (Å²) >= 11 is 0. The van der Waals surface area contributed by atoms with Gasteiger partial charge in [0.15, 0.2) is 0 Å². The Balaban J connectivity index is 2.47. The summed E-state index contributed by atoms with van der Waals surface area (Å²) in [6.07, 6.45) is 2.70. The number of hydrogen-bond acceptors (Lipinski definition) is 3. The van der Waals surface area contributed by atoms with E-state index in [1.807, 2.05) is 11.8 Å². The zero-order valence-corrected chi connectivity index (χ0v) is 14.8. The summed E-state index contributed by atoms with van der Waals surface area (Å²) in [7, 11) is 1.75. The Hall–Kier alpha value is -1.77. The average Bonchev–Trinajstić information content (AvgIpc) is 2.52. The molecule has 2 atom stereocenters. The van der Waals surface area contributed by atoms with Gasteiger partial charge in [0, 0.05) is 39.1 Å². The highest BCUT2D eigenvalue weighted by Gasteiger charge is 2.27. The summed E-state index contributed by atoms with van der Waals surface area (Å²) in [5, 5.41) is 11.7. The number of nitrogens with zero attached hydrogens (tertiary/aromatic N) is 3. The molecule has 0 aliphatic carbocycles. The van der Waals surface area contributed by atoms with E-state index in [-0.39, 0.29) is 23.9 Å². The van der Waals surface area contributed by atoms with Crippen molar-refractivity contribution in [1.82, 2.24) is 15.1 Å². The van der Waals surface area contributed by atoms with Gasteiger partial charge in [0.1, 0.15) is 0 Å². The molecule has 0 spiro atoms. The molecule has 0 aromatic rings. The minimum atomic E-state index is -0.0680. The van der Waals surface area contributed by atoms with Gasteiger partial charge in [-0.2, -0.15) is 5.26 Å². The largest absolute Gasteiger partial charge is 0.342 e. The van der Waals surface area contributed by atoms with Crippen LogP contribution in [0.1, 0.15) is 46.5 Å². The summed E-state index contributed by atoms with van der Waals surface area (Å²) in [6, 6.07) is 2.00. The van der Waals surface area contributed by atoms with Crippen LogP contribution in [0.25, 0.3) is 0 Å². The first-order valence-corrected chi connectivity index (χ1v) is 8.50. The van der Waals surface area contributed by atoms with Crippen LogP contribution in [0, 0.1) is 23.2 Å². The van der Waals surface area contributed by atoms with Crippen LogP contribution in [0.15, 0.2) is 0 Å². The fourth-order valence-corrected chi connectivity index (χ4v) is 2.73. The van der Waals surface area contributed by atoms with Gasteiger partial charge in [0.25, 0.3) is 0 Å². The summed E-state index contributed by atoms with van der Waals surface area (Å²) in [6.45, 7) is 8.08. The highest BCUT2D eigenvalue weighted by atomic mass is 16.2. The van der Waals surface area contributed by atoms with Crippen LogP contribution >= 0.6 is 0 Å². The predicted molar refractivity (Wildman–Crippen MR) is 89.6 cm³/mol. The van der Waals surface area contributed by atoms with E-state index in [1.54, 1.807) is 11.9 Å². The first-order valence-electron chi connectivity index (χ1n) is 8.50. The van der Waals surface area contributed by atoms with Crippen LogP contribution in [0.2, 0.25) is 0 Å². The quantitative estimate of drug-likeness (QED) is 0.814. The van der Waals surface area contributed by atoms with Crippen LogP contribution in [0.3, 0.4) is 0 Å². The molecular formula is C17H30N4O2. The molecule has 0 aromatic carbocycles. The molecule has 1 aliphatic rings. The van der Waals surface area contributed by atoms with Gasteiger partial charge in [0.2, 0.25) is 5.91 Å². The first-order chi connectivity index (χ1) is 10.8. The minimum absolute atomic E-state index is 0.0259. The lowest BCUT2D eigenvalue weighted by Crippen LogP contribution is -2.47. The van der Waals surface area contributed by atoms with Gasteiger partial charge in [-0.1, -0.05) is 13.8 Å². The molecule has 1 N–H and O–H groups in total. The van der Waals surface area contributed by atoms with Gasteiger partial charge in [-0.3, -0.25) is 4.79 Å². The summed E-state index contributed by atoms with van der Waals surface area (Å²) in [4.78, 5) is 27.9. The van der Waals surface area contributed by atoms with Crippen molar-refractivity contribution >= 4 is 11.9 Å². The topological polar surface area (TPSA) is 76.4 Å². The molecule has 1 heterocycles. The van der Waals surface area contributed by atoms with E-state index < -0.39 is 0 Å². The van der Waals surface area contributed by atoms with E-state index in [1.165, 1.54) is 0 Å². The Morgan fingerprint density at radius 2 is 2.09 bits per heavy atom. The lowest BCUT2D eigenvalue weighted by molar-refractivity contribution is -0.132. The van der Waals surface area contributed by atoms with E-state index in [9.17, 15) is 9.59 Å². The second kappa shape index (κ2) is 9.39. The van der Waals surface area contributed by atoms with Crippen molar-refractivity contribution in [3.05, 3.63) is 0 Å². The van der Waals surface area contributed by atoms with Crippen LogP contribution < -0.4 is 5.32 Å². The molecule has 130 valence electrons. The molecule has 1 saturated heterocycles. The fourth-order valence-electron chi connectivity index (χ4n) is 2.73. The van der Waals surface area contributed by atoms with Gasteiger partial charge < -0.3 is 15.1 Å². The normalized spacial score (nSPS) is 19.1. The Morgan fingerprint density at radius 1 is 1.39 bits per heavy atom. The predicted octanol–water partition coefficient (Wildman–Crippen LogP) is 2.21. The van der Waals surface area contributed by atoms with Crippen molar-refractivity contribution in [1.29, 1.82) is 5.26 Å². The SMILES string of the molecule is CC(C)CNC(=O)N1CCC[C@@H](CC(=O)N(C)[C@H](C)CC#N)C1. The van der Waals surface area contributed by atoms with Crippen LogP contribution in [0.4, 0.5) is 4.79 Å². The van der Waals surface area contributed by atoms with Crippen molar-refractivity contribution in [2.24, 2.45) is 11.8 Å². The number of amides is 3. The molecule has 6 nitrogen and oxygen atoms in total. The maximum Gasteiger partial charge on any atom is 0.317 e. The lowest BCUT2D eigenvalue weighted by Gasteiger charge is -2.34. The number of hydrogen-bond donors (Lipinski definition) is 1. The molecule has 1 aliphatic heterocycles. The van der Waals surface area contributed by atoms with Crippen LogP contribution in [-0.2, 0) is 4.79 Å². The maximum atomic E-state index is 12.3. The van der Waals surface area contributed by atoms with E-state index in [4.69, 9.17) is 5.26 Å². The minimum Gasteiger partial charge on any atom is -0.342 e.